The fourth-order valence-electron chi connectivity index (χ4n) is 0.754. The third-order valence-corrected chi connectivity index (χ3v) is 2.47. The largest absolute Gasteiger partial charge is 0.452 e. The molecule has 2 amide bonds. The molecule has 0 radical (unpaired) electrons. The van der Waals surface area contributed by atoms with Crippen LogP contribution in [0.3, 0.4) is 0 Å². The van der Waals surface area contributed by atoms with Crippen molar-refractivity contribution in [3.8, 4) is 0 Å². The number of imide groups is 1. The first-order valence-electron chi connectivity index (χ1n) is 4.34. The van der Waals surface area contributed by atoms with E-state index in [9.17, 15) is 9.59 Å². The first-order valence-corrected chi connectivity index (χ1v) is 7.75. The molecule has 0 aromatic rings. The zero-order valence-corrected chi connectivity index (χ0v) is 10.1. The summed E-state index contributed by atoms with van der Waals surface area (Å²) in [5.41, 5.74) is 0. The molecule has 0 saturated carbocycles. The monoisotopic (exact) mass is 219 g/mol. The van der Waals surface area contributed by atoms with Gasteiger partial charge < -0.3 is 9.16 Å². The molecule has 82 valence electrons. The minimum atomic E-state index is -1.58. The van der Waals surface area contributed by atoms with Crippen molar-refractivity contribution in [2.45, 2.75) is 19.6 Å². The summed E-state index contributed by atoms with van der Waals surface area (Å²) in [7, 11) is -0.342. The third-order valence-electron chi connectivity index (χ3n) is 1.40. The van der Waals surface area contributed by atoms with Crippen LogP contribution in [0.4, 0.5) is 4.79 Å². The zero-order valence-electron chi connectivity index (χ0n) is 9.07. The molecule has 0 rings (SSSR count). The quantitative estimate of drug-likeness (QED) is 0.512. The highest BCUT2D eigenvalue weighted by Crippen LogP contribution is 2.02. The minimum Gasteiger partial charge on any atom is -0.452 e. The van der Waals surface area contributed by atoms with Gasteiger partial charge in [-0.3, -0.25) is 4.79 Å². The average molecular weight is 219 g/mol. The molecule has 0 saturated heterocycles. The van der Waals surface area contributed by atoms with Gasteiger partial charge in [-0.15, -0.1) is 0 Å². The number of hydrogen-bond donors (Lipinski definition) is 0. The van der Waals surface area contributed by atoms with Crippen molar-refractivity contribution in [2.75, 3.05) is 20.3 Å². The first-order chi connectivity index (χ1) is 6.40. The van der Waals surface area contributed by atoms with Crippen LogP contribution in [0.15, 0.2) is 0 Å². The van der Waals surface area contributed by atoms with E-state index in [4.69, 9.17) is 4.43 Å². The van der Waals surface area contributed by atoms with E-state index in [0.717, 1.165) is 4.90 Å². The second kappa shape index (κ2) is 5.76. The van der Waals surface area contributed by atoms with Crippen LogP contribution in [0.2, 0.25) is 19.6 Å². The lowest BCUT2D eigenvalue weighted by molar-refractivity contribution is -0.116. The predicted molar refractivity (Wildman–Crippen MR) is 54.5 cm³/mol. The summed E-state index contributed by atoms with van der Waals surface area (Å²) < 4.78 is 9.88. The Kier molecular flexibility index (Phi) is 5.40. The van der Waals surface area contributed by atoms with Gasteiger partial charge in [0.15, 0.2) is 8.32 Å². The van der Waals surface area contributed by atoms with Crippen molar-refractivity contribution < 1.29 is 18.8 Å². The number of hydrogen-bond acceptors (Lipinski definition) is 4. The first kappa shape index (κ1) is 13.1. The van der Waals surface area contributed by atoms with Crippen molar-refractivity contribution in [3.05, 3.63) is 0 Å². The predicted octanol–water partition coefficient (Wildman–Crippen LogP) is 1.06. The summed E-state index contributed by atoms with van der Waals surface area (Å²) in [5.74, 6) is 0. The Morgan fingerprint density at radius 3 is 2.36 bits per heavy atom. The van der Waals surface area contributed by atoms with Gasteiger partial charge in [0.2, 0.25) is 6.41 Å². The fourth-order valence-corrected chi connectivity index (χ4v) is 1.46. The lowest BCUT2D eigenvalue weighted by atomic mass is 10.6. The molecule has 0 unspecified atom stereocenters. The Labute approximate surface area is 85.1 Å². The number of carbonyl (C=O) groups is 2. The summed E-state index contributed by atoms with van der Waals surface area (Å²) in [4.78, 5) is 22.3. The normalized spacial score (nSPS) is 10.9. The second-order valence-electron chi connectivity index (χ2n) is 3.73. The molecular weight excluding hydrogens is 202 g/mol. The van der Waals surface area contributed by atoms with Crippen molar-refractivity contribution in [1.82, 2.24) is 4.90 Å². The van der Waals surface area contributed by atoms with Gasteiger partial charge in [0.25, 0.3) is 0 Å². The van der Waals surface area contributed by atoms with Gasteiger partial charge in [-0.1, -0.05) is 0 Å². The van der Waals surface area contributed by atoms with Crippen LogP contribution in [0.1, 0.15) is 0 Å². The van der Waals surface area contributed by atoms with E-state index in [1.165, 1.54) is 7.11 Å². The molecular formula is C8H17NO4Si. The molecule has 0 aromatic carbocycles. The van der Waals surface area contributed by atoms with E-state index in [2.05, 4.69) is 4.74 Å². The standard InChI is InChI=1S/C8H17NO4Si/c1-12-8(11)9(7-10)5-6-13-14(2,3)4/h7H,5-6H2,1-4H3. The molecule has 5 nitrogen and oxygen atoms in total. The summed E-state index contributed by atoms with van der Waals surface area (Å²) in [5, 5.41) is 0. The van der Waals surface area contributed by atoms with Gasteiger partial charge in [-0.25, -0.2) is 9.69 Å². The van der Waals surface area contributed by atoms with E-state index in [1.807, 2.05) is 19.6 Å². The lowest BCUT2D eigenvalue weighted by Gasteiger charge is -2.19. The van der Waals surface area contributed by atoms with E-state index >= 15 is 0 Å². The lowest BCUT2D eigenvalue weighted by Crippen LogP contribution is -2.35. The van der Waals surface area contributed by atoms with Crippen LogP contribution >= 0.6 is 0 Å². The number of rotatable bonds is 5. The Balaban J connectivity index is 3.86. The van der Waals surface area contributed by atoms with E-state index in [0.29, 0.717) is 13.0 Å². The highest BCUT2D eigenvalue weighted by atomic mass is 28.4. The Bertz CT molecular complexity index is 202. The van der Waals surface area contributed by atoms with E-state index in [1.54, 1.807) is 0 Å². The Hall–Kier alpha value is -0.883. The van der Waals surface area contributed by atoms with Crippen molar-refractivity contribution in [1.29, 1.82) is 0 Å². The number of nitrogens with zero attached hydrogens (tertiary/aromatic N) is 1. The molecule has 0 aromatic heterocycles. The number of amides is 2. The topological polar surface area (TPSA) is 55.8 Å². The van der Waals surface area contributed by atoms with Crippen LogP contribution < -0.4 is 0 Å². The van der Waals surface area contributed by atoms with Crippen LogP contribution in [0, 0.1) is 0 Å². The summed E-state index contributed by atoms with van der Waals surface area (Å²) in [6.07, 6.45) is -0.210. The molecule has 0 N–H and O–H groups in total. The molecule has 0 aliphatic rings. The molecule has 0 aliphatic carbocycles. The highest BCUT2D eigenvalue weighted by molar-refractivity contribution is 6.69. The van der Waals surface area contributed by atoms with E-state index < -0.39 is 14.4 Å². The smallest absolute Gasteiger partial charge is 0.416 e. The Morgan fingerprint density at radius 2 is 2.00 bits per heavy atom. The van der Waals surface area contributed by atoms with Gasteiger partial charge in [0.05, 0.1) is 20.3 Å². The van der Waals surface area contributed by atoms with Crippen molar-refractivity contribution in [2.24, 2.45) is 0 Å². The van der Waals surface area contributed by atoms with Gasteiger partial charge in [0.1, 0.15) is 0 Å². The molecule has 0 heterocycles. The van der Waals surface area contributed by atoms with Gasteiger partial charge in [-0.2, -0.15) is 0 Å². The van der Waals surface area contributed by atoms with E-state index in [-0.39, 0.29) is 6.54 Å². The molecule has 0 fully saturated rings. The van der Waals surface area contributed by atoms with Crippen LogP contribution in [0.5, 0.6) is 0 Å². The molecule has 0 spiro atoms. The van der Waals surface area contributed by atoms with Crippen LogP contribution in [-0.2, 0) is 14.0 Å². The number of carbonyl (C=O) groups excluding carboxylic acids is 2. The SMILES string of the molecule is COC(=O)N(C=O)CCO[Si](C)(C)C. The number of ether oxygens (including phenoxy) is 1. The molecule has 6 heteroatoms. The maximum Gasteiger partial charge on any atom is 0.416 e. The maximum atomic E-state index is 10.9. The Morgan fingerprint density at radius 1 is 1.43 bits per heavy atom. The van der Waals surface area contributed by atoms with Crippen molar-refractivity contribution in [3.63, 3.8) is 0 Å². The summed E-state index contributed by atoms with van der Waals surface area (Å²) >= 11 is 0. The second-order valence-corrected chi connectivity index (χ2v) is 8.24. The summed E-state index contributed by atoms with van der Waals surface area (Å²) in [6, 6.07) is 0. The van der Waals surface area contributed by atoms with Gasteiger partial charge >= 0.3 is 6.09 Å². The molecule has 0 bridgehead atoms. The summed E-state index contributed by atoms with van der Waals surface area (Å²) in [6.45, 7) is 6.72. The molecule has 14 heavy (non-hydrogen) atoms. The average Bonchev–Trinajstić information content (AvgIpc) is 2.09. The van der Waals surface area contributed by atoms with Crippen LogP contribution in [-0.4, -0.2) is 46.0 Å². The molecule has 0 atom stereocenters. The third kappa shape index (κ3) is 5.71. The maximum absolute atomic E-state index is 10.9. The van der Waals surface area contributed by atoms with Gasteiger partial charge in [0, 0.05) is 0 Å². The zero-order chi connectivity index (χ0) is 11.2. The van der Waals surface area contributed by atoms with Gasteiger partial charge in [-0.05, 0) is 19.6 Å². The molecule has 0 aliphatic heterocycles. The minimum absolute atomic E-state index is 0.237. The van der Waals surface area contributed by atoms with Crippen LogP contribution in [0.25, 0.3) is 0 Å². The van der Waals surface area contributed by atoms with Crippen molar-refractivity contribution >= 4 is 20.8 Å². The number of methoxy groups -OCH3 is 1. The fraction of sp³-hybridized carbons (Fsp3) is 0.750. The highest BCUT2D eigenvalue weighted by Gasteiger charge is 2.16.